The Kier molecular flexibility index (Phi) is 1.86. The minimum atomic E-state index is 0.630. The first-order valence-electron chi connectivity index (χ1n) is 4.00. The summed E-state index contributed by atoms with van der Waals surface area (Å²) in [5, 5.41) is 0.630. The molecular formula is C8H9BClN. The standard InChI is InChI=1S/C8H9BClN/c10-8-2-1-6-5-9-4-3-7(6)11-8/h1-2,9H,3-5H2. The van der Waals surface area contributed by atoms with E-state index in [1.165, 1.54) is 31.2 Å². The number of halogens is 1. The van der Waals surface area contributed by atoms with Crippen LogP contribution >= 0.6 is 11.6 Å². The van der Waals surface area contributed by atoms with Crippen molar-refractivity contribution < 1.29 is 0 Å². The van der Waals surface area contributed by atoms with E-state index >= 15 is 0 Å². The third-order valence-electron chi connectivity index (χ3n) is 2.14. The molecule has 0 fully saturated rings. The molecule has 1 aromatic heterocycles. The van der Waals surface area contributed by atoms with E-state index in [0.717, 1.165) is 6.42 Å². The lowest BCUT2D eigenvalue weighted by Crippen LogP contribution is -2.10. The summed E-state index contributed by atoms with van der Waals surface area (Å²) in [5.74, 6) is 0. The van der Waals surface area contributed by atoms with Gasteiger partial charge in [0.05, 0.1) is 0 Å². The molecule has 0 unspecified atom stereocenters. The minimum absolute atomic E-state index is 0.630. The van der Waals surface area contributed by atoms with Gasteiger partial charge in [0, 0.05) is 5.69 Å². The number of aryl methyl sites for hydroxylation is 1. The van der Waals surface area contributed by atoms with Crippen LogP contribution < -0.4 is 0 Å². The van der Waals surface area contributed by atoms with Crippen LogP contribution in [0.5, 0.6) is 0 Å². The largest absolute Gasteiger partial charge is 0.241 e. The van der Waals surface area contributed by atoms with E-state index in [-0.39, 0.29) is 0 Å². The third-order valence-corrected chi connectivity index (χ3v) is 2.35. The second-order valence-corrected chi connectivity index (χ2v) is 3.33. The molecule has 0 aromatic carbocycles. The molecule has 0 amide bonds. The van der Waals surface area contributed by atoms with Crippen LogP contribution in [0.2, 0.25) is 11.5 Å². The van der Waals surface area contributed by atoms with Gasteiger partial charge in [-0.1, -0.05) is 30.3 Å². The molecule has 3 heteroatoms. The van der Waals surface area contributed by atoms with Gasteiger partial charge in [0.1, 0.15) is 12.4 Å². The fourth-order valence-electron chi connectivity index (χ4n) is 1.56. The highest BCUT2D eigenvalue weighted by atomic mass is 35.5. The van der Waals surface area contributed by atoms with E-state index in [1.54, 1.807) is 0 Å². The first kappa shape index (κ1) is 7.17. The van der Waals surface area contributed by atoms with Gasteiger partial charge in [-0.25, -0.2) is 4.98 Å². The first-order chi connectivity index (χ1) is 5.36. The average Bonchev–Trinajstić information content (AvgIpc) is 2.04. The van der Waals surface area contributed by atoms with Crippen molar-refractivity contribution in [3.05, 3.63) is 28.5 Å². The molecule has 1 aliphatic rings. The van der Waals surface area contributed by atoms with Crippen molar-refractivity contribution in [1.82, 2.24) is 4.98 Å². The summed E-state index contributed by atoms with van der Waals surface area (Å²) in [4.78, 5) is 4.28. The Morgan fingerprint density at radius 3 is 3.27 bits per heavy atom. The monoisotopic (exact) mass is 165 g/mol. The Morgan fingerprint density at radius 1 is 1.45 bits per heavy atom. The quantitative estimate of drug-likeness (QED) is 0.421. The topological polar surface area (TPSA) is 12.9 Å². The van der Waals surface area contributed by atoms with Crippen LogP contribution in [0.3, 0.4) is 0 Å². The molecule has 1 aliphatic heterocycles. The summed E-state index contributed by atoms with van der Waals surface area (Å²) in [6.07, 6.45) is 3.55. The highest BCUT2D eigenvalue weighted by Crippen LogP contribution is 2.17. The maximum absolute atomic E-state index is 5.77. The molecule has 0 saturated carbocycles. The molecule has 0 aliphatic carbocycles. The predicted molar refractivity (Wildman–Crippen MR) is 48.6 cm³/mol. The fraction of sp³-hybridized carbons (Fsp3) is 0.375. The minimum Gasteiger partial charge on any atom is -0.241 e. The molecule has 56 valence electrons. The van der Waals surface area contributed by atoms with Gasteiger partial charge in [-0.05, 0) is 18.1 Å². The lowest BCUT2D eigenvalue weighted by Gasteiger charge is -2.12. The first-order valence-corrected chi connectivity index (χ1v) is 4.38. The summed E-state index contributed by atoms with van der Waals surface area (Å²) < 4.78 is 0. The molecule has 0 N–H and O–H groups in total. The molecule has 1 aromatic rings. The van der Waals surface area contributed by atoms with Crippen molar-refractivity contribution in [3.63, 3.8) is 0 Å². The zero-order chi connectivity index (χ0) is 7.68. The van der Waals surface area contributed by atoms with E-state index < -0.39 is 0 Å². The molecule has 0 radical (unpaired) electrons. The molecule has 0 saturated heterocycles. The predicted octanol–water partition coefficient (Wildman–Crippen LogP) is 1.65. The van der Waals surface area contributed by atoms with E-state index in [9.17, 15) is 0 Å². The Morgan fingerprint density at radius 2 is 2.36 bits per heavy atom. The Hall–Kier alpha value is -0.495. The summed E-state index contributed by atoms with van der Waals surface area (Å²) in [5.41, 5.74) is 2.60. The number of nitrogens with zero attached hydrogens (tertiary/aromatic N) is 1. The van der Waals surface area contributed by atoms with Gasteiger partial charge in [0.2, 0.25) is 0 Å². The van der Waals surface area contributed by atoms with Gasteiger partial charge in [0.15, 0.2) is 0 Å². The zero-order valence-electron chi connectivity index (χ0n) is 6.31. The normalized spacial score (nSPS) is 15.4. The van der Waals surface area contributed by atoms with Crippen molar-refractivity contribution in [1.29, 1.82) is 0 Å². The lowest BCUT2D eigenvalue weighted by atomic mass is 9.63. The second-order valence-electron chi connectivity index (χ2n) is 2.95. The molecule has 2 rings (SSSR count). The Labute approximate surface area is 72.0 Å². The molecular weight excluding hydrogens is 156 g/mol. The SMILES string of the molecule is Clc1ccc2c(n1)CCBC2. The number of hydrogen-bond donors (Lipinski definition) is 0. The Bertz CT molecular complexity index is 275. The van der Waals surface area contributed by atoms with E-state index in [2.05, 4.69) is 11.1 Å². The van der Waals surface area contributed by atoms with Crippen molar-refractivity contribution >= 4 is 18.9 Å². The van der Waals surface area contributed by atoms with Crippen molar-refractivity contribution in [2.24, 2.45) is 0 Å². The summed E-state index contributed by atoms with van der Waals surface area (Å²) in [7, 11) is 1.30. The van der Waals surface area contributed by atoms with Crippen LogP contribution in [0.15, 0.2) is 12.1 Å². The van der Waals surface area contributed by atoms with Crippen LogP contribution in [0.1, 0.15) is 11.3 Å². The number of fused-ring (bicyclic) bond motifs is 1. The van der Waals surface area contributed by atoms with E-state index in [1.807, 2.05) is 6.07 Å². The van der Waals surface area contributed by atoms with Gasteiger partial charge in [-0.2, -0.15) is 0 Å². The van der Waals surface area contributed by atoms with Crippen molar-refractivity contribution in [2.45, 2.75) is 19.1 Å². The van der Waals surface area contributed by atoms with Crippen molar-refractivity contribution in [2.75, 3.05) is 0 Å². The smallest absolute Gasteiger partial charge is 0.129 e. The zero-order valence-corrected chi connectivity index (χ0v) is 7.06. The van der Waals surface area contributed by atoms with Gasteiger partial charge >= 0.3 is 0 Å². The number of rotatable bonds is 0. The molecule has 11 heavy (non-hydrogen) atoms. The van der Waals surface area contributed by atoms with Gasteiger partial charge < -0.3 is 0 Å². The van der Waals surface area contributed by atoms with Crippen LogP contribution in [0, 0.1) is 0 Å². The maximum atomic E-state index is 5.77. The van der Waals surface area contributed by atoms with Gasteiger partial charge in [0.25, 0.3) is 0 Å². The lowest BCUT2D eigenvalue weighted by molar-refractivity contribution is 0.960. The molecule has 0 bridgehead atoms. The number of aromatic nitrogens is 1. The molecule has 2 heterocycles. The van der Waals surface area contributed by atoms with E-state index in [0.29, 0.717) is 5.15 Å². The van der Waals surface area contributed by atoms with Crippen LogP contribution in [-0.2, 0) is 12.7 Å². The Balaban J connectivity index is 2.43. The second kappa shape index (κ2) is 2.86. The molecule has 1 nitrogen and oxygen atoms in total. The number of pyridine rings is 1. The van der Waals surface area contributed by atoms with E-state index in [4.69, 9.17) is 11.6 Å². The fourth-order valence-corrected chi connectivity index (χ4v) is 1.72. The summed E-state index contributed by atoms with van der Waals surface area (Å²) in [6.45, 7) is 0. The molecule has 0 spiro atoms. The third kappa shape index (κ3) is 1.41. The van der Waals surface area contributed by atoms with Gasteiger partial charge in [-0.3, -0.25) is 0 Å². The van der Waals surface area contributed by atoms with Gasteiger partial charge in [-0.15, -0.1) is 0 Å². The maximum Gasteiger partial charge on any atom is 0.129 e. The highest BCUT2D eigenvalue weighted by molar-refractivity contribution is 6.35. The summed E-state index contributed by atoms with van der Waals surface area (Å²) in [6, 6.07) is 3.98. The molecule has 0 atom stereocenters. The van der Waals surface area contributed by atoms with Crippen molar-refractivity contribution in [3.8, 4) is 0 Å². The van der Waals surface area contributed by atoms with Crippen LogP contribution in [-0.4, -0.2) is 12.3 Å². The number of hydrogen-bond acceptors (Lipinski definition) is 1. The summed E-state index contributed by atoms with van der Waals surface area (Å²) >= 11 is 5.77. The average molecular weight is 165 g/mol. The van der Waals surface area contributed by atoms with Crippen LogP contribution in [0.4, 0.5) is 0 Å². The highest BCUT2D eigenvalue weighted by Gasteiger charge is 2.10. The van der Waals surface area contributed by atoms with Crippen LogP contribution in [0.25, 0.3) is 0 Å².